The molecule has 16 heavy (non-hydrogen) atoms. The molecule has 0 spiro atoms. The van der Waals surface area contributed by atoms with Crippen molar-refractivity contribution < 1.29 is 12.3 Å². The van der Waals surface area contributed by atoms with Crippen molar-refractivity contribution in [3.05, 3.63) is 22.8 Å². The normalized spacial score (nSPS) is 13.1. The van der Waals surface area contributed by atoms with Gasteiger partial charge in [0.2, 0.25) is 0 Å². The van der Waals surface area contributed by atoms with E-state index < -0.39 is 18.7 Å². The second kappa shape index (κ2) is 4.82. The van der Waals surface area contributed by atoms with E-state index in [2.05, 4.69) is 20.9 Å². The molecule has 5 heteroatoms. The summed E-state index contributed by atoms with van der Waals surface area (Å²) < 4.78 is 20.7. The van der Waals surface area contributed by atoms with Crippen LogP contribution in [0.5, 0.6) is 0 Å². The van der Waals surface area contributed by atoms with Crippen LogP contribution in [-0.4, -0.2) is 23.7 Å². The van der Waals surface area contributed by atoms with Crippen molar-refractivity contribution in [2.75, 3.05) is 11.9 Å². The molecule has 0 aliphatic rings. The highest BCUT2D eigenvalue weighted by Crippen LogP contribution is 2.18. The van der Waals surface area contributed by atoms with Crippen molar-refractivity contribution in [1.29, 1.82) is 0 Å². The SMILES string of the molecule is [2H]C([2H])N(C(=O)OC(C)(C)C)c1cc(Br)ccn1. The predicted octanol–water partition coefficient (Wildman–Crippen LogP) is 3.22. The molecule has 0 N–H and O–H groups in total. The van der Waals surface area contributed by atoms with Gasteiger partial charge >= 0.3 is 6.09 Å². The number of halogens is 1. The monoisotopic (exact) mass is 288 g/mol. The molecule has 0 radical (unpaired) electrons. The Labute approximate surface area is 107 Å². The average Bonchev–Trinajstić information content (AvgIpc) is 2.13. The molecule has 0 atom stereocenters. The Balaban J connectivity index is 3.00. The van der Waals surface area contributed by atoms with E-state index in [0.29, 0.717) is 4.47 Å². The van der Waals surface area contributed by atoms with Gasteiger partial charge in [0.1, 0.15) is 11.4 Å². The van der Waals surface area contributed by atoms with Crippen LogP contribution in [0.25, 0.3) is 0 Å². The maximum Gasteiger partial charge on any atom is 0.415 e. The zero-order chi connectivity index (χ0) is 13.9. The largest absolute Gasteiger partial charge is 0.443 e. The van der Waals surface area contributed by atoms with Crippen molar-refractivity contribution in [2.24, 2.45) is 0 Å². The molecule has 0 unspecified atom stereocenters. The van der Waals surface area contributed by atoms with E-state index in [-0.39, 0.29) is 5.82 Å². The zero-order valence-electron chi connectivity index (χ0n) is 11.4. The summed E-state index contributed by atoms with van der Waals surface area (Å²) in [7, 11) is 0. The van der Waals surface area contributed by atoms with E-state index in [1.165, 1.54) is 6.20 Å². The first-order valence-electron chi connectivity index (χ1n) is 5.84. The summed E-state index contributed by atoms with van der Waals surface area (Å²) in [6.07, 6.45) is 0.724. The molecule has 0 saturated carbocycles. The van der Waals surface area contributed by atoms with Gasteiger partial charge < -0.3 is 4.74 Å². The van der Waals surface area contributed by atoms with Gasteiger partial charge in [-0.3, -0.25) is 4.90 Å². The molecule has 4 nitrogen and oxygen atoms in total. The number of amides is 1. The lowest BCUT2D eigenvalue weighted by atomic mass is 10.2. The number of hydrogen-bond donors (Lipinski definition) is 0. The number of pyridine rings is 1. The Morgan fingerprint density at radius 1 is 1.62 bits per heavy atom. The Hall–Kier alpha value is -1.10. The lowest BCUT2D eigenvalue weighted by Crippen LogP contribution is -2.34. The molecule has 1 aromatic heterocycles. The lowest BCUT2D eigenvalue weighted by molar-refractivity contribution is 0.0588. The standard InChI is InChI=1S/C11H15BrN2O2/c1-11(2,3)16-10(15)14(4)9-7-8(12)5-6-13-9/h5-7H,1-4H3/i4D2. The van der Waals surface area contributed by atoms with Crippen molar-refractivity contribution in [1.82, 2.24) is 4.98 Å². The number of ether oxygens (including phenoxy) is 1. The van der Waals surface area contributed by atoms with E-state index >= 15 is 0 Å². The summed E-state index contributed by atoms with van der Waals surface area (Å²) in [5.41, 5.74) is -0.684. The minimum absolute atomic E-state index is 0.202. The fraction of sp³-hybridized carbons (Fsp3) is 0.455. The highest BCUT2D eigenvalue weighted by Gasteiger charge is 2.21. The molecule has 0 aliphatic heterocycles. The number of aromatic nitrogens is 1. The van der Waals surface area contributed by atoms with Crippen molar-refractivity contribution in [2.45, 2.75) is 26.4 Å². The molecule has 1 aromatic rings. The Bertz CT molecular complexity index is 435. The van der Waals surface area contributed by atoms with Crippen LogP contribution in [0.15, 0.2) is 22.8 Å². The molecule has 1 rings (SSSR count). The van der Waals surface area contributed by atoms with Gasteiger partial charge in [0.05, 0.1) is 0 Å². The molecule has 0 fully saturated rings. The van der Waals surface area contributed by atoms with Gasteiger partial charge in [-0.2, -0.15) is 0 Å². The first-order chi connectivity index (χ1) is 8.20. The number of carbonyl (C=O) groups excluding carboxylic acids is 1. The van der Waals surface area contributed by atoms with Crippen LogP contribution in [-0.2, 0) is 4.74 Å². The van der Waals surface area contributed by atoms with Crippen LogP contribution < -0.4 is 4.90 Å². The van der Waals surface area contributed by atoms with Crippen LogP contribution in [0, 0.1) is 0 Å². The fourth-order valence-electron chi connectivity index (χ4n) is 0.930. The Kier molecular flexibility index (Phi) is 3.04. The van der Waals surface area contributed by atoms with E-state index in [1.54, 1.807) is 32.9 Å². The van der Waals surface area contributed by atoms with Gasteiger partial charge in [-0.05, 0) is 32.9 Å². The first-order valence-corrected chi connectivity index (χ1v) is 5.48. The summed E-state index contributed by atoms with van der Waals surface area (Å²) >= 11 is 3.25. The van der Waals surface area contributed by atoms with Gasteiger partial charge in [0.15, 0.2) is 0 Å². The number of carbonyl (C=O) groups is 1. The van der Waals surface area contributed by atoms with Crippen LogP contribution in [0.2, 0.25) is 0 Å². The van der Waals surface area contributed by atoms with Crippen LogP contribution >= 0.6 is 15.9 Å². The molecule has 1 amide bonds. The molecule has 0 aromatic carbocycles. The van der Waals surface area contributed by atoms with E-state index in [4.69, 9.17) is 7.48 Å². The van der Waals surface area contributed by atoms with Gasteiger partial charge in [-0.15, -0.1) is 0 Å². The molecule has 0 saturated heterocycles. The second-order valence-electron chi connectivity index (χ2n) is 4.18. The molecule has 88 valence electrons. The molecular formula is C11H15BrN2O2. The highest BCUT2D eigenvalue weighted by atomic mass is 79.9. The number of nitrogens with zero attached hydrogens (tertiary/aromatic N) is 2. The quantitative estimate of drug-likeness (QED) is 0.797. The van der Waals surface area contributed by atoms with Gasteiger partial charge in [-0.1, -0.05) is 15.9 Å². The minimum atomic E-state index is -1.53. The summed E-state index contributed by atoms with van der Waals surface area (Å²) in [5.74, 6) is 0.202. The van der Waals surface area contributed by atoms with Gasteiger partial charge in [-0.25, -0.2) is 9.78 Å². The Morgan fingerprint density at radius 2 is 2.31 bits per heavy atom. The number of rotatable bonds is 1. The maximum atomic E-state index is 11.9. The summed E-state index contributed by atoms with van der Waals surface area (Å²) in [4.78, 5) is 16.8. The maximum absolute atomic E-state index is 11.9. The smallest absolute Gasteiger partial charge is 0.415 e. The third kappa shape index (κ3) is 3.81. The van der Waals surface area contributed by atoms with Crippen molar-refractivity contribution >= 4 is 27.8 Å². The molecular weight excluding hydrogens is 272 g/mol. The second-order valence-corrected chi connectivity index (χ2v) is 5.10. The van der Waals surface area contributed by atoms with Crippen LogP contribution in [0.3, 0.4) is 0 Å². The topological polar surface area (TPSA) is 42.4 Å². The van der Waals surface area contributed by atoms with Crippen molar-refractivity contribution in [3.8, 4) is 0 Å². The summed E-state index contributed by atoms with van der Waals surface area (Å²) in [5, 5.41) is 0. The Morgan fingerprint density at radius 3 is 2.81 bits per heavy atom. The predicted molar refractivity (Wildman–Crippen MR) is 66.6 cm³/mol. The van der Waals surface area contributed by atoms with Crippen molar-refractivity contribution in [3.63, 3.8) is 0 Å². The summed E-state index contributed by atoms with van der Waals surface area (Å²) in [6.45, 7) is 3.64. The first kappa shape index (κ1) is 10.1. The summed E-state index contributed by atoms with van der Waals surface area (Å²) in [6, 6.07) is 3.25. The minimum Gasteiger partial charge on any atom is -0.443 e. The lowest BCUT2D eigenvalue weighted by Gasteiger charge is -2.24. The van der Waals surface area contributed by atoms with E-state index in [0.717, 1.165) is 4.90 Å². The molecule has 0 aliphatic carbocycles. The molecule has 0 bridgehead atoms. The highest BCUT2D eigenvalue weighted by molar-refractivity contribution is 9.10. The third-order valence-corrected chi connectivity index (χ3v) is 2.04. The molecule has 1 heterocycles. The van der Waals surface area contributed by atoms with Crippen LogP contribution in [0.1, 0.15) is 23.5 Å². The zero-order valence-corrected chi connectivity index (χ0v) is 11.0. The average molecular weight is 289 g/mol. The van der Waals surface area contributed by atoms with Gasteiger partial charge in [0.25, 0.3) is 0 Å². The van der Waals surface area contributed by atoms with Crippen LogP contribution in [0.4, 0.5) is 10.6 Å². The third-order valence-electron chi connectivity index (χ3n) is 1.54. The van der Waals surface area contributed by atoms with E-state index in [9.17, 15) is 4.79 Å². The van der Waals surface area contributed by atoms with E-state index in [1.807, 2.05) is 0 Å². The fourth-order valence-corrected chi connectivity index (χ4v) is 1.25. The van der Waals surface area contributed by atoms with Gasteiger partial charge in [0, 0.05) is 20.4 Å². The number of hydrogen-bond acceptors (Lipinski definition) is 3. The number of anilines is 1.